The molecule has 0 radical (unpaired) electrons. The lowest BCUT2D eigenvalue weighted by molar-refractivity contribution is 0.331. The van der Waals surface area contributed by atoms with Crippen LogP contribution in [0, 0.1) is 0 Å². The smallest absolute Gasteiger partial charge is 0.0672 e. The van der Waals surface area contributed by atoms with Gasteiger partial charge >= 0.3 is 0 Å². The number of benzene rings is 5. The van der Waals surface area contributed by atoms with Crippen LogP contribution in [0.5, 0.6) is 0 Å². The Labute approximate surface area is 314 Å². The summed E-state index contributed by atoms with van der Waals surface area (Å²) in [6.45, 7) is 22.5. The maximum absolute atomic E-state index is 2.82. The zero-order valence-corrected chi connectivity index (χ0v) is 34.0. The van der Waals surface area contributed by atoms with E-state index in [0.29, 0.717) is 5.54 Å². The summed E-state index contributed by atoms with van der Waals surface area (Å²) in [7, 11) is -2.82. The van der Waals surface area contributed by atoms with Gasteiger partial charge < -0.3 is 0 Å². The third-order valence-corrected chi connectivity index (χ3v) is 20.3. The molecule has 5 aromatic carbocycles. The van der Waals surface area contributed by atoms with E-state index < -0.39 is 8.07 Å². The molecule has 0 saturated heterocycles. The number of hydrogen-bond donors (Lipinski definition) is 0. The van der Waals surface area contributed by atoms with Gasteiger partial charge in [0.05, 0.1) is 0 Å². The fourth-order valence-corrected chi connectivity index (χ4v) is 17.9. The maximum atomic E-state index is 2.76. The SMILES string of the molecule is CC1=Cc2ccccc2C1[Si](c1ccccc1)(c1ccccc1)C1c2cc3c(cc2-c2cc4c(cc21)C(C)(C)CCC4(C)C)C(C)(C)CCC3(C)C. The van der Waals surface area contributed by atoms with Gasteiger partial charge in [0.25, 0.3) is 0 Å². The Balaban J connectivity index is 1.48. The largest absolute Gasteiger partial charge is 0.140 e. The molecule has 0 amide bonds. The van der Waals surface area contributed by atoms with Gasteiger partial charge in [-0.05, 0) is 110 Å². The average molecular weight is 697 g/mol. The van der Waals surface area contributed by atoms with Crippen molar-refractivity contribution in [2.75, 3.05) is 0 Å². The molecule has 1 atom stereocenters. The van der Waals surface area contributed by atoms with Gasteiger partial charge in [0.1, 0.15) is 8.07 Å². The van der Waals surface area contributed by atoms with Gasteiger partial charge in [0, 0.05) is 11.1 Å². The maximum Gasteiger partial charge on any atom is 0.140 e. The highest BCUT2D eigenvalue weighted by molar-refractivity contribution is 7.05. The van der Waals surface area contributed by atoms with Gasteiger partial charge in [-0.1, -0.05) is 187 Å². The minimum Gasteiger partial charge on any atom is -0.0672 e. The van der Waals surface area contributed by atoms with Crippen molar-refractivity contribution in [3.8, 4) is 11.1 Å². The van der Waals surface area contributed by atoms with E-state index in [1.807, 2.05) is 0 Å². The summed E-state index contributed by atoms with van der Waals surface area (Å²) in [6.07, 6.45) is 7.41. The molecule has 0 heterocycles. The molecule has 9 rings (SSSR count). The van der Waals surface area contributed by atoms with Gasteiger partial charge in [-0.2, -0.15) is 0 Å². The first-order valence-corrected chi connectivity index (χ1v) is 22.1. The molecule has 0 saturated carbocycles. The summed E-state index contributed by atoms with van der Waals surface area (Å²) in [5, 5.41) is 3.07. The van der Waals surface area contributed by atoms with Crippen molar-refractivity contribution in [1.82, 2.24) is 0 Å². The Morgan fingerprint density at radius 2 is 0.827 bits per heavy atom. The lowest BCUT2D eigenvalue weighted by Gasteiger charge is -2.47. The summed E-state index contributed by atoms with van der Waals surface area (Å²) in [6, 6.07) is 44.0. The van der Waals surface area contributed by atoms with E-state index in [9.17, 15) is 0 Å². The minimum absolute atomic E-state index is 0.127. The second-order valence-corrected chi connectivity index (χ2v) is 23.5. The topological polar surface area (TPSA) is 0 Å². The zero-order valence-electron chi connectivity index (χ0n) is 33.0. The van der Waals surface area contributed by atoms with Crippen LogP contribution in [0.1, 0.15) is 144 Å². The first-order valence-electron chi connectivity index (χ1n) is 19.9. The van der Waals surface area contributed by atoms with Crippen molar-refractivity contribution in [3.05, 3.63) is 159 Å². The lowest BCUT2D eigenvalue weighted by atomic mass is 9.62. The molecule has 4 aliphatic rings. The third kappa shape index (κ3) is 4.70. The molecular weight excluding hydrogens is 641 g/mol. The summed E-state index contributed by atoms with van der Waals surface area (Å²) in [5.74, 6) is 0. The van der Waals surface area contributed by atoms with E-state index in [2.05, 4.69) is 178 Å². The molecular formula is C51H56Si. The first-order chi connectivity index (χ1) is 24.7. The van der Waals surface area contributed by atoms with Crippen molar-refractivity contribution < 1.29 is 0 Å². The van der Waals surface area contributed by atoms with E-state index in [4.69, 9.17) is 0 Å². The summed E-state index contributed by atoms with van der Waals surface area (Å²) in [4.78, 5) is 0. The van der Waals surface area contributed by atoms with Crippen LogP contribution in [-0.2, 0) is 21.7 Å². The van der Waals surface area contributed by atoms with Gasteiger partial charge in [0.2, 0.25) is 0 Å². The summed E-state index contributed by atoms with van der Waals surface area (Å²) < 4.78 is 0. The number of allylic oxidation sites excluding steroid dienone is 1. The molecule has 1 unspecified atom stereocenters. The molecule has 1 heteroatoms. The van der Waals surface area contributed by atoms with Gasteiger partial charge in [-0.15, -0.1) is 0 Å². The first kappa shape index (κ1) is 33.9. The molecule has 0 aromatic heterocycles. The normalized spacial score (nSPS) is 21.7. The van der Waals surface area contributed by atoms with Crippen molar-refractivity contribution in [1.29, 1.82) is 0 Å². The molecule has 0 nitrogen and oxygen atoms in total. The highest BCUT2D eigenvalue weighted by Gasteiger charge is 2.58. The highest BCUT2D eigenvalue weighted by atomic mass is 28.3. The lowest BCUT2D eigenvalue weighted by Crippen LogP contribution is -2.67. The van der Waals surface area contributed by atoms with Crippen LogP contribution in [-0.4, -0.2) is 8.07 Å². The highest BCUT2D eigenvalue weighted by Crippen LogP contribution is 2.60. The Kier molecular flexibility index (Phi) is 7.35. The molecule has 0 aliphatic heterocycles. The van der Waals surface area contributed by atoms with E-state index in [1.54, 1.807) is 33.4 Å². The zero-order chi connectivity index (χ0) is 36.4. The van der Waals surface area contributed by atoms with Crippen molar-refractivity contribution in [3.63, 3.8) is 0 Å². The Bertz CT molecular complexity index is 2140. The molecule has 0 fully saturated rings. The number of hydrogen-bond acceptors (Lipinski definition) is 0. The summed E-state index contributed by atoms with van der Waals surface area (Å²) in [5.41, 5.74) is 18.0. The fraction of sp³-hybridized carbons (Fsp3) is 0.373. The molecule has 0 N–H and O–H groups in total. The van der Waals surface area contributed by atoms with Crippen LogP contribution in [0.2, 0.25) is 0 Å². The molecule has 5 aromatic rings. The summed E-state index contributed by atoms with van der Waals surface area (Å²) >= 11 is 0. The van der Waals surface area contributed by atoms with Crippen LogP contribution in [0.25, 0.3) is 17.2 Å². The second kappa shape index (κ2) is 11.3. The van der Waals surface area contributed by atoms with Crippen LogP contribution in [0.4, 0.5) is 0 Å². The number of fused-ring (bicyclic) bond motifs is 6. The molecule has 4 aliphatic carbocycles. The molecule has 0 spiro atoms. The van der Waals surface area contributed by atoms with E-state index in [1.165, 1.54) is 63.9 Å². The molecule has 52 heavy (non-hydrogen) atoms. The van der Waals surface area contributed by atoms with Crippen LogP contribution in [0.15, 0.2) is 115 Å². The minimum atomic E-state index is -2.82. The van der Waals surface area contributed by atoms with Crippen LogP contribution in [0.3, 0.4) is 0 Å². The molecule has 264 valence electrons. The van der Waals surface area contributed by atoms with E-state index in [0.717, 1.165) is 0 Å². The fourth-order valence-electron chi connectivity index (χ4n) is 11.4. The van der Waals surface area contributed by atoms with Crippen LogP contribution >= 0.6 is 0 Å². The van der Waals surface area contributed by atoms with Gasteiger partial charge in [-0.25, -0.2) is 0 Å². The van der Waals surface area contributed by atoms with Crippen molar-refractivity contribution in [2.45, 2.75) is 121 Å². The predicted octanol–water partition coefficient (Wildman–Crippen LogP) is 12.0. The Morgan fingerprint density at radius 1 is 0.442 bits per heavy atom. The Morgan fingerprint density at radius 3 is 1.27 bits per heavy atom. The predicted molar refractivity (Wildman–Crippen MR) is 225 cm³/mol. The second-order valence-electron chi connectivity index (χ2n) is 19.5. The van der Waals surface area contributed by atoms with Gasteiger partial charge in [0.15, 0.2) is 0 Å². The van der Waals surface area contributed by atoms with Crippen molar-refractivity contribution >= 4 is 24.5 Å². The monoisotopic (exact) mass is 696 g/mol. The van der Waals surface area contributed by atoms with E-state index in [-0.39, 0.29) is 27.2 Å². The quantitative estimate of drug-likeness (QED) is 0.164. The van der Waals surface area contributed by atoms with E-state index >= 15 is 0 Å². The average Bonchev–Trinajstić information content (AvgIpc) is 3.63. The Hall–Kier alpha value is -3.94. The molecule has 0 bridgehead atoms. The third-order valence-electron chi connectivity index (χ3n) is 14.5. The van der Waals surface area contributed by atoms with Crippen molar-refractivity contribution in [2.24, 2.45) is 0 Å². The number of rotatable bonds is 4. The van der Waals surface area contributed by atoms with Gasteiger partial charge in [-0.3, -0.25) is 0 Å². The van der Waals surface area contributed by atoms with Crippen LogP contribution < -0.4 is 10.4 Å². The standard InChI is InChI=1S/C51H56Si/c1-33-28-34-18-16-17-23-37(34)46(33)52(35-19-12-10-13-20-35,36-21-14-11-15-22-36)47-40-31-44-42(48(2,3)24-26-50(44,6)7)29-38(40)39-30-43-45(32-41(39)47)51(8,9)27-25-49(43,4)5/h10-23,28-32,46-47H,24-27H2,1-9H3.